The third-order valence-electron chi connectivity index (χ3n) is 2.81. The van der Waals surface area contributed by atoms with Crippen molar-refractivity contribution in [3.8, 4) is 11.8 Å². The Morgan fingerprint density at radius 2 is 2.00 bits per heavy atom. The number of pyridine rings is 1. The molecule has 4 nitrogen and oxygen atoms in total. The Balaban J connectivity index is 2.17. The number of amides is 1. The summed E-state index contributed by atoms with van der Waals surface area (Å²) in [6.07, 6.45) is 1.47. The minimum atomic E-state index is -0.357. The molecule has 0 bridgehead atoms. The molecule has 0 radical (unpaired) electrons. The minimum Gasteiger partial charge on any atom is -0.384 e. The number of carbonyl (C=O) groups is 1. The van der Waals surface area contributed by atoms with E-state index in [1.807, 2.05) is 0 Å². The van der Waals surface area contributed by atoms with E-state index < -0.39 is 0 Å². The lowest BCUT2D eigenvalue weighted by Crippen LogP contribution is -2.27. The molecule has 1 N–H and O–H groups in total. The summed E-state index contributed by atoms with van der Waals surface area (Å²) in [5, 5.41) is 8.61. The molecule has 5 heteroatoms. The van der Waals surface area contributed by atoms with Gasteiger partial charge in [0.05, 0.1) is 0 Å². The fourth-order valence-electron chi connectivity index (χ4n) is 1.69. The van der Waals surface area contributed by atoms with Gasteiger partial charge in [0.2, 0.25) is 0 Å². The van der Waals surface area contributed by atoms with Crippen molar-refractivity contribution in [1.29, 1.82) is 0 Å². The molecular formula is C16H13FN2O2. The summed E-state index contributed by atoms with van der Waals surface area (Å²) in [6.45, 7) is -0.228. The van der Waals surface area contributed by atoms with Crippen LogP contribution in [0.25, 0.3) is 0 Å². The van der Waals surface area contributed by atoms with Gasteiger partial charge in [0.15, 0.2) is 0 Å². The number of aliphatic hydroxyl groups excluding tert-OH is 1. The zero-order valence-corrected chi connectivity index (χ0v) is 11.4. The zero-order chi connectivity index (χ0) is 15.2. The van der Waals surface area contributed by atoms with Crippen LogP contribution in [-0.2, 0) is 0 Å². The molecule has 1 heterocycles. The monoisotopic (exact) mass is 284 g/mol. The average molecular weight is 284 g/mol. The molecule has 21 heavy (non-hydrogen) atoms. The van der Waals surface area contributed by atoms with Crippen LogP contribution in [0.4, 0.5) is 10.1 Å². The summed E-state index contributed by atoms with van der Waals surface area (Å²) < 4.78 is 12.9. The van der Waals surface area contributed by atoms with E-state index in [1.165, 1.54) is 35.4 Å². The molecule has 0 spiro atoms. The number of nitrogens with zero attached hydrogens (tertiary/aromatic N) is 2. The Labute approximate surface area is 121 Å². The van der Waals surface area contributed by atoms with Gasteiger partial charge in [-0.15, -0.1) is 0 Å². The molecule has 0 aliphatic heterocycles. The molecule has 0 fully saturated rings. The van der Waals surface area contributed by atoms with Gasteiger partial charge in [-0.05, 0) is 36.4 Å². The maximum atomic E-state index is 12.9. The first-order valence-electron chi connectivity index (χ1n) is 6.21. The second-order valence-corrected chi connectivity index (χ2v) is 4.23. The third-order valence-corrected chi connectivity index (χ3v) is 2.81. The highest BCUT2D eigenvalue weighted by Crippen LogP contribution is 2.15. The summed E-state index contributed by atoms with van der Waals surface area (Å²) in [5.41, 5.74) is 1.45. The van der Waals surface area contributed by atoms with Gasteiger partial charge < -0.3 is 10.0 Å². The highest BCUT2D eigenvalue weighted by molar-refractivity contribution is 6.04. The van der Waals surface area contributed by atoms with E-state index in [2.05, 4.69) is 16.8 Å². The fraction of sp³-hybridized carbons (Fsp3) is 0.125. The van der Waals surface area contributed by atoms with Gasteiger partial charge in [-0.25, -0.2) is 9.37 Å². The van der Waals surface area contributed by atoms with Gasteiger partial charge in [-0.3, -0.25) is 4.79 Å². The van der Waals surface area contributed by atoms with Crippen molar-refractivity contribution in [2.75, 3.05) is 18.6 Å². The fourth-order valence-corrected chi connectivity index (χ4v) is 1.69. The van der Waals surface area contributed by atoms with Crippen molar-refractivity contribution in [2.45, 2.75) is 0 Å². The zero-order valence-electron chi connectivity index (χ0n) is 11.4. The summed E-state index contributed by atoms with van der Waals surface area (Å²) in [7, 11) is 1.59. The molecule has 0 aliphatic carbocycles. The summed E-state index contributed by atoms with van der Waals surface area (Å²) >= 11 is 0. The van der Waals surface area contributed by atoms with Crippen LogP contribution in [0.2, 0.25) is 0 Å². The first-order valence-corrected chi connectivity index (χ1v) is 6.21. The number of rotatable bonds is 2. The van der Waals surface area contributed by atoms with E-state index in [0.717, 1.165) is 0 Å². The molecule has 0 aliphatic rings. The van der Waals surface area contributed by atoms with E-state index in [0.29, 0.717) is 11.3 Å². The average Bonchev–Trinajstić information content (AvgIpc) is 2.53. The Bertz CT molecular complexity index is 685. The number of aliphatic hydroxyl groups is 1. The second kappa shape index (κ2) is 6.64. The number of carbonyl (C=O) groups excluding carboxylic acids is 1. The molecule has 1 aromatic heterocycles. The number of hydrogen-bond donors (Lipinski definition) is 1. The Morgan fingerprint density at radius 1 is 1.29 bits per heavy atom. The maximum absolute atomic E-state index is 12.9. The number of hydrogen-bond acceptors (Lipinski definition) is 3. The number of benzene rings is 1. The van der Waals surface area contributed by atoms with Crippen LogP contribution < -0.4 is 4.90 Å². The third kappa shape index (κ3) is 3.65. The Kier molecular flexibility index (Phi) is 4.64. The summed E-state index contributed by atoms with van der Waals surface area (Å²) in [4.78, 5) is 17.7. The lowest BCUT2D eigenvalue weighted by Gasteiger charge is -2.16. The minimum absolute atomic E-state index is 0.228. The van der Waals surface area contributed by atoms with Crippen LogP contribution in [0.15, 0.2) is 42.6 Å². The van der Waals surface area contributed by atoms with Gasteiger partial charge >= 0.3 is 0 Å². The molecule has 0 unspecified atom stereocenters. The van der Waals surface area contributed by atoms with Crippen LogP contribution in [0.3, 0.4) is 0 Å². The molecule has 0 saturated carbocycles. The van der Waals surface area contributed by atoms with E-state index in [4.69, 9.17) is 5.11 Å². The predicted molar refractivity (Wildman–Crippen MR) is 77.3 cm³/mol. The van der Waals surface area contributed by atoms with E-state index >= 15 is 0 Å². The van der Waals surface area contributed by atoms with E-state index in [-0.39, 0.29) is 24.0 Å². The van der Waals surface area contributed by atoms with Gasteiger partial charge in [-0.2, -0.15) is 0 Å². The number of aromatic nitrogens is 1. The SMILES string of the molecule is CN(C(=O)c1ccc(C#CCO)cn1)c1ccc(F)cc1. The number of anilines is 1. The lowest BCUT2D eigenvalue weighted by atomic mass is 10.2. The van der Waals surface area contributed by atoms with Crippen molar-refractivity contribution >= 4 is 11.6 Å². The first-order chi connectivity index (χ1) is 10.1. The molecular weight excluding hydrogens is 271 g/mol. The van der Waals surface area contributed by atoms with Crippen LogP contribution >= 0.6 is 0 Å². The van der Waals surface area contributed by atoms with Crippen LogP contribution in [-0.4, -0.2) is 29.7 Å². The molecule has 1 amide bonds. The standard InChI is InChI=1S/C16H13FN2O2/c1-19(14-7-5-13(17)6-8-14)16(21)15-9-4-12(11-18-15)3-2-10-20/h4-9,11,20H,10H2,1H3. The second-order valence-electron chi connectivity index (χ2n) is 4.23. The van der Waals surface area contributed by atoms with Crippen molar-refractivity contribution in [1.82, 2.24) is 4.98 Å². The van der Waals surface area contributed by atoms with Gasteiger partial charge in [0, 0.05) is 24.5 Å². The molecule has 1 aromatic carbocycles. The maximum Gasteiger partial charge on any atom is 0.276 e. The smallest absolute Gasteiger partial charge is 0.276 e. The number of halogens is 1. The van der Waals surface area contributed by atoms with Crippen LogP contribution in [0.5, 0.6) is 0 Å². The molecule has 0 saturated heterocycles. The summed E-state index contributed by atoms with van der Waals surface area (Å²) in [5.74, 6) is 4.54. The predicted octanol–water partition coefficient (Wildman–Crippen LogP) is 1.84. The van der Waals surface area contributed by atoms with E-state index in [1.54, 1.807) is 19.2 Å². The van der Waals surface area contributed by atoms with Gasteiger partial charge in [-0.1, -0.05) is 11.8 Å². The topological polar surface area (TPSA) is 53.4 Å². The highest BCUT2D eigenvalue weighted by Gasteiger charge is 2.14. The molecule has 2 aromatic rings. The van der Waals surface area contributed by atoms with Crippen LogP contribution in [0.1, 0.15) is 16.1 Å². The first kappa shape index (κ1) is 14.7. The highest BCUT2D eigenvalue weighted by atomic mass is 19.1. The van der Waals surface area contributed by atoms with E-state index in [9.17, 15) is 9.18 Å². The van der Waals surface area contributed by atoms with Gasteiger partial charge in [0.25, 0.3) is 5.91 Å². The molecule has 0 atom stereocenters. The summed E-state index contributed by atoms with van der Waals surface area (Å²) in [6, 6.07) is 8.84. The molecule has 106 valence electrons. The van der Waals surface area contributed by atoms with Crippen LogP contribution in [0, 0.1) is 17.7 Å². The normalized spacial score (nSPS) is 9.67. The van der Waals surface area contributed by atoms with Crippen molar-refractivity contribution in [3.05, 3.63) is 59.7 Å². The van der Waals surface area contributed by atoms with Crippen molar-refractivity contribution in [3.63, 3.8) is 0 Å². The Hall–Kier alpha value is -2.71. The van der Waals surface area contributed by atoms with Crippen molar-refractivity contribution < 1.29 is 14.3 Å². The quantitative estimate of drug-likeness (QED) is 0.856. The van der Waals surface area contributed by atoms with Gasteiger partial charge in [0.1, 0.15) is 18.1 Å². The largest absolute Gasteiger partial charge is 0.384 e. The van der Waals surface area contributed by atoms with Crippen molar-refractivity contribution in [2.24, 2.45) is 0 Å². The Morgan fingerprint density at radius 3 is 2.57 bits per heavy atom. The molecule has 2 rings (SSSR count). The lowest BCUT2D eigenvalue weighted by molar-refractivity contribution is 0.0988.